The number of aliphatic carboxylic acids is 1. The maximum atomic E-state index is 14.2. The molecule has 0 bridgehead atoms. The molecule has 2 rings (SSSR count). The van der Waals surface area contributed by atoms with Gasteiger partial charge in [0.05, 0.1) is 12.1 Å². The first-order valence-corrected chi connectivity index (χ1v) is 16.3. The number of hydrogen-bond donors (Lipinski definition) is 7. The number of benzene rings is 1. The second kappa shape index (κ2) is 16.6. The minimum absolute atomic E-state index is 0.0903. The lowest BCUT2D eigenvalue weighted by molar-refractivity contribution is -0.141. The van der Waals surface area contributed by atoms with Crippen LogP contribution in [0.4, 0.5) is 0 Å². The first kappa shape index (κ1) is 39.8. The van der Waals surface area contributed by atoms with Gasteiger partial charge in [-0.2, -0.15) is 0 Å². The zero-order valence-electron chi connectivity index (χ0n) is 30.1. The van der Waals surface area contributed by atoms with Gasteiger partial charge in [-0.05, 0) is 49.8 Å². The third-order valence-electron chi connectivity index (χ3n) is 8.76. The standard InChI is InChI=1S/C35H56N8O5/c1-20(2)26(18-21(3)29(44)41-25(32(47)48)16-13-17-39-33(36)37)43(10)31(46)28(34(4,5)6)42-30(45)27(38-9)35(7,8)23-19-40-24-15-12-11-14-22(23)24/h11-12,14-15,18-20,25-28,38,40H,13,16-17H2,1-10H3,(H,41,44)(H,42,45)(H,47,48)(H4,36,37,39)/b21-18+/t25-,26+,27+,28+/m0/s1. The van der Waals surface area contributed by atoms with Crippen molar-refractivity contribution in [2.75, 3.05) is 20.6 Å². The van der Waals surface area contributed by atoms with E-state index in [1.807, 2.05) is 78.9 Å². The summed E-state index contributed by atoms with van der Waals surface area (Å²) in [5.41, 5.74) is 11.5. The van der Waals surface area contributed by atoms with Crippen molar-refractivity contribution in [1.29, 1.82) is 0 Å². The molecule has 0 spiro atoms. The number of carbonyl (C=O) groups excluding carboxylic acids is 3. The normalized spacial score (nSPS) is 14.9. The molecule has 0 radical (unpaired) electrons. The Bertz CT molecular complexity index is 1500. The average molecular weight is 669 g/mol. The molecule has 9 N–H and O–H groups in total. The molecule has 0 fully saturated rings. The lowest BCUT2D eigenvalue weighted by Gasteiger charge is -2.39. The number of aliphatic imine (C=N–C) groups is 1. The van der Waals surface area contributed by atoms with Gasteiger partial charge in [-0.15, -0.1) is 0 Å². The average Bonchev–Trinajstić information content (AvgIpc) is 3.43. The number of nitrogens with two attached hydrogens (primary N) is 2. The number of hydrogen-bond acceptors (Lipinski definition) is 6. The van der Waals surface area contributed by atoms with E-state index in [4.69, 9.17) is 11.5 Å². The fourth-order valence-electron chi connectivity index (χ4n) is 5.92. The Labute approximate surface area is 284 Å². The van der Waals surface area contributed by atoms with E-state index in [2.05, 4.69) is 25.9 Å². The van der Waals surface area contributed by atoms with Crippen LogP contribution in [-0.2, 0) is 24.6 Å². The van der Waals surface area contributed by atoms with Crippen molar-refractivity contribution in [3.05, 3.63) is 47.7 Å². The summed E-state index contributed by atoms with van der Waals surface area (Å²) in [5.74, 6) is -2.58. The van der Waals surface area contributed by atoms with Gasteiger partial charge in [0, 0.05) is 41.7 Å². The number of amides is 3. The van der Waals surface area contributed by atoms with Gasteiger partial charge in [-0.1, -0.05) is 72.7 Å². The summed E-state index contributed by atoms with van der Waals surface area (Å²) in [6.07, 6.45) is 4.08. The molecule has 2 aromatic rings. The van der Waals surface area contributed by atoms with Crippen molar-refractivity contribution in [1.82, 2.24) is 25.8 Å². The molecule has 3 amide bonds. The van der Waals surface area contributed by atoms with Crippen LogP contribution in [0, 0.1) is 11.3 Å². The number of H-pyrrole nitrogens is 1. The lowest BCUT2D eigenvalue weighted by atomic mass is 9.76. The van der Waals surface area contributed by atoms with Crippen LogP contribution in [0.2, 0.25) is 0 Å². The quantitative estimate of drug-likeness (QED) is 0.0611. The first-order valence-electron chi connectivity index (χ1n) is 16.3. The second-order valence-corrected chi connectivity index (χ2v) is 14.3. The van der Waals surface area contributed by atoms with Crippen LogP contribution >= 0.6 is 0 Å². The molecule has 266 valence electrons. The lowest BCUT2D eigenvalue weighted by Crippen LogP contribution is -2.61. The van der Waals surface area contributed by atoms with Gasteiger partial charge in [-0.3, -0.25) is 19.4 Å². The molecule has 1 aromatic heterocycles. The molecular weight excluding hydrogens is 612 g/mol. The number of guanidine groups is 1. The number of carbonyl (C=O) groups is 4. The van der Waals surface area contributed by atoms with Crippen LogP contribution in [0.25, 0.3) is 10.9 Å². The maximum Gasteiger partial charge on any atom is 0.326 e. The van der Waals surface area contributed by atoms with Gasteiger partial charge in [0.2, 0.25) is 17.7 Å². The van der Waals surface area contributed by atoms with E-state index >= 15 is 0 Å². The zero-order valence-corrected chi connectivity index (χ0v) is 30.1. The van der Waals surface area contributed by atoms with Crippen LogP contribution < -0.4 is 27.4 Å². The number of nitrogens with one attached hydrogen (secondary N) is 4. The van der Waals surface area contributed by atoms with Gasteiger partial charge in [0.25, 0.3) is 0 Å². The van der Waals surface area contributed by atoms with Crippen LogP contribution in [0.3, 0.4) is 0 Å². The highest BCUT2D eigenvalue weighted by Crippen LogP contribution is 2.34. The molecule has 4 atom stereocenters. The third kappa shape index (κ3) is 10.1. The summed E-state index contributed by atoms with van der Waals surface area (Å²) in [6, 6.07) is 4.68. The smallest absolute Gasteiger partial charge is 0.326 e. The van der Waals surface area contributed by atoms with Crippen LogP contribution in [0.5, 0.6) is 0 Å². The van der Waals surface area contributed by atoms with E-state index in [0.717, 1.165) is 16.5 Å². The van der Waals surface area contributed by atoms with E-state index < -0.39 is 46.9 Å². The van der Waals surface area contributed by atoms with E-state index in [1.54, 1.807) is 32.0 Å². The largest absolute Gasteiger partial charge is 0.480 e. The molecule has 0 aliphatic heterocycles. The number of carboxylic acids is 1. The highest BCUT2D eigenvalue weighted by molar-refractivity contribution is 5.96. The summed E-state index contributed by atoms with van der Waals surface area (Å²) in [6.45, 7) is 15.3. The fraction of sp³-hybridized carbons (Fsp3) is 0.571. The van der Waals surface area contributed by atoms with E-state index in [-0.39, 0.29) is 42.2 Å². The van der Waals surface area contributed by atoms with Crippen molar-refractivity contribution in [3.63, 3.8) is 0 Å². The topological polar surface area (TPSA) is 208 Å². The molecule has 13 nitrogen and oxygen atoms in total. The third-order valence-corrected chi connectivity index (χ3v) is 8.76. The SMILES string of the molecule is CN[C@H](C(=O)N[C@H](C(=O)N(C)[C@H](/C=C(\C)C(=O)N[C@@H](CCCN=C(N)N)C(=O)O)C(C)C)C(C)(C)C)C(C)(C)c1c[nH]c2ccccc12. The van der Waals surface area contributed by atoms with Gasteiger partial charge in [0.15, 0.2) is 5.96 Å². The maximum absolute atomic E-state index is 14.2. The van der Waals surface area contributed by atoms with Crippen molar-refractivity contribution in [3.8, 4) is 0 Å². The van der Waals surface area contributed by atoms with Gasteiger partial charge >= 0.3 is 5.97 Å². The van der Waals surface area contributed by atoms with Crippen molar-refractivity contribution < 1.29 is 24.3 Å². The summed E-state index contributed by atoms with van der Waals surface area (Å²) >= 11 is 0. The predicted molar refractivity (Wildman–Crippen MR) is 190 cm³/mol. The molecule has 0 saturated carbocycles. The number of aromatic amines is 1. The molecule has 0 aliphatic rings. The van der Waals surface area contributed by atoms with Crippen molar-refractivity contribution in [2.24, 2.45) is 27.8 Å². The Morgan fingerprint density at radius 2 is 1.67 bits per heavy atom. The van der Waals surface area contributed by atoms with Crippen molar-refractivity contribution >= 4 is 40.6 Å². The molecular formula is C35H56N8O5. The highest BCUT2D eigenvalue weighted by atomic mass is 16.4. The highest BCUT2D eigenvalue weighted by Gasteiger charge is 2.42. The number of nitrogens with zero attached hydrogens (tertiary/aromatic N) is 2. The van der Waals surface area contributed by atoms with E-state index in [1.165, 1.54) is 0 Å². The Kier molecular flexibility index (Phi) is 13.8. The Hall–Kier alpha value is -4.39. The predicted octanol–water partition coefficient (Wildman–Crippen LogP) is 2.62. The summed E-state index contributed by atoms with van der Waals surface area (Å²) in [5, 5.41) is 19.5. The molecule has 1 heterocycles. The summed E-state index contributed by atoms with van der Waals surface area (Å²) < 4.78 is 0. The van der Waals surface area contributed by atoms with Crippen molar-refractivity contribution in [2.45, 2.75) is 97.8 Å². The number of rotatable bonds is 16. The number of likely N-dealkylation sites (N-methyl/N-ethyl adjacent to an activating group) is 2. The molecule has 0 saturated heterocycles. The molecule has 48 heavy (non-hydrogen) atoms. The van der Waals surface area contributed by atoms with Crippen LogP contribution in [0.15, 0.2) is 47.1 Å². The Morgan fingerprint density at radius 3 is 2.21 bits per heavy atom. The Balaban J connectivity index is 2.30. The van der Waals surface area contributed by atoms with E-state index in [0.29, 0.717) is 6.42 Å². The fourth-order valence-corrected chi connectivity index (χ4v) is 5.92. The molecule has 0 aliphatic carbocycles. The van der Waals surface area contributed by atoms with Gasteiger partial charge in [-0.25, -0.2) is 4.79 Å². The summed E-state index contributed by atoms with van der Waals surface area (Å²) in [7, 11) is 3.38. The van der Waals surface area contributed by atoms with Gasteiger partial charge < -0.3 is 42.4 Å². The number of para-hydroxylation sites is 1. The van der Waals surface area contributed by atoms with Crippen LogP contribution in [-0.4, -0.2) is 89.4 Å². The monoisotopic (exact) mass is 668 g/mol. The molecule has 1 aromatic carbocycles. The number of carboxylic acid groups (broad SMARTS) is 1. The first-order chi connectivity index (χ1) is 22.2. The summed E-state index contributed by atoms with van der Waals surface area (Å²) in [4.78, 5) is 61.8. The molecule has 13 heteroatoms. The minimum atomic E-state index is -1.18. The second-order valence-electron chi connectivity index (χ2n) is 14.3. The number of aromatic nitrogens is 1. The van der Waals surface area contributed by atoms with E-state index in [9.17, 15) is 24.3 Å². The van der Waals surface area contributed by atoms with Gasteiger partial charge in [0.1, 0.15) is 12.1 Å². The van der Waals surface area contributed by atoms with Crippen LogP contribution in [0.1, 0.15) is 73.8 Å². The Morgan fingerprint density at radius 1 is 1.04 bits per heavy atom. The zero-order chi connectivity index (χ0) is 36.6. The minimum Gasteiger partial charge on any atom is -0.480 e. The number of fused-ring (bicyclic) bond motifs is 1. The molecule has 0 unspecified atom stereocenters.